The van der Waals surface area contributed by atoms with E-state index in [0.29, 0.717) is 5.56 Å². The second kappa shape index (κ2) is 11.6. The van der Waals surface area contributed by atoms with Gasteiger partial charge in [-0.05, 0) is 41.5 Å². The van der Waals surface area contributed by atoms with Gasteiger partial charge in [0.25, 0.3) is 0 Å². The number of aromatic carboxylic acids is 1. The molecule has 0 amide bonds. The summed E-state index contributed by atoms with van der Waals surface area (Å²) in [4.78, 5) is 11.0. The molecule has 1 N–H and O–H groups in total. The van der Waals surface area contributed by atoms with Crippen LogP contribution in [0.5, 0.6) is 5.75 Å². The van der Waals surface area contributed by atoms with Gasteiger partial charge in [0.15, 0.2) is 0 Å². The first-order valence-electron chi connectivity index (χ1n) is 10.1. The number of hydrogen-bond donors (Lipinski definition) is 1. The second-order valence-corrected chi connectivity index (χ2v) is 7.06. The van der Waals surface area contributed by atoms with Gasteiger partial charge in [0, 0.05) is 0 Å². The molecule has 0 atom stereocenters. The van der Waals surface area contributed by atoms with Crippen molar-refractivity contribution in [1.29, 1.82) is 0 Å². The molecule has 2 aromatic rings. The van der Waals surface area contributed by atoms with Gasteiger partial charge in [-0.3, -0.25) is 0 Å². The highest BCUT2D eigenvalue weighted by Gasteiger charge is 2.04. The molecule has 0 aliphatic heterocycles. The van der Waals surface area contributed by atoms with Crippen LogP contribution in [0.15, 0.2) is 36.4 Å². The molecule has 0 aliphatic rings. The van der Waals surface area contributed by atoms with Gasteiger partial charge in [-0.1, -0.05) is 76.8 Å². The first-order chi connectivity index (χ1) is 12.7. The number of benzene rings is 2. The maximum atomic E-state index is 11.0. The molecule has 0 spiro atoms. The maximum absolute atomic E-state index is 11.0. The zero-order chi connectivity index (χ0) is 18.6. The third kappa shape index (κ3) is 7.07. The fraction of sp³-hybridized carbons (Fsp3) is 0.522. The number of carboxylic acid groups (broad SMARTS) is 1. The van der Waals surface area contributed by atoms with Crippen LogP contribution in [0.25, 0.3) is 10.8 Å². The van der Waals surface area contributed by atoms with E-state index < -0.39 is 5.97 Å². The van der Waals surface area contributed by atoms with E-state index in [2.05, 4.69) is 6.92 Å². The fourth-order valence-electron chi connectivity index (χ4n) is 3.23. The number of fused-ring (bicyclic) bond motifs is 1. The van der Waals surface area contributed by atoms with Crippen molar-refractivity contribution < 1.29 is 14.6 Å². The third-order valence-electron chi connectivity index (χ3n) is 4.83. The van der Waals surface area contributed by atoms with E-state index in [1.807, 2.05) is 24.3 Å². The molecule has 0 saturated carbocycles. The number of unbranched alkanes of at least 4 members (excludes halogenated alkanes) is 9. The van der Waals surface area contributed by atoms with Crippen LogP contribution in [0.3, 0.4) is 0 Å². The van der Waals surface area contributed by atoms with Crippen LogP contribution in [-0.4, -0.2) is 17.7 Å². The maximum Gasteiger partial charge on any atom is 0.335 e. The van der Waals surface area contributed by atoms with Crippen molar-refractivity contribution in [2.45, 2.75) is 71.1 Å². The Kier molecular flexibility index (Phi) is 9.02. The predicted octanol–water partition coefficient (Wildman–Crippen LogP) is 6.84. The molecule has 3 nitrogen and oxygen atoms in total. The summed E-state index contributed by atoms with van der Waals surface area (Å²) >= 11 is 0. The Balaban J connectivity index is 1.61. The lowest BCUT2D eigenvalue weighted by atomic mass is 10.1. The highest BCUT2D eigenvalue weighted by molar-refractivity contribution is 5.94. The topological polar surface area (TPSA) is 46.5 Å². The fourth-order valence-corrected chi connectivity index (χ4v) is 3.23. The van der Waals surface area contributed by atoms with Gasteiger partial charge < -0.3 is 9.84 Å². The Labute approximate surface area is 157 Å². The van der Waals surface area contributed by atoms with Crippen molar-refractivity contribution in [3.8, 4) is 5.75 Å². The minimum Gasteiger partial charge on any atom is -0.494 e. The Morgan fingerprint density at radius 2 is 1.38 bits per heavy atom. The van der Waals surface area contributed by atoms with Crippen LogP contribution in [0.4, 0.5) is 0 Å². The van der Waals surface area contributed by atoms with E-state index in [4.69, 9.17) is 9.84 Å². The van der Waals surface area contributed by atoms with Crippen molar-refractivity contribution in [2.75, 3.05) is 6.61 Å². The Morgan fingerprint density at radius 3 is 2.04 bits per heavy atom. The molecule has 0 heterocycles. The average Bonchev–Trinajstić information content (AvgIpc) is 2.65. The predicted molar refractivity (Wildman–Crippen MR) is 108 cm³/mol. The number of rotatable bonds is 13. The highest BCUT2D eigenvalue weighted by atomic mass is 16.5. The van der Waals surface area contributed by atoms with Gasteiger partial charge in [0.1, 0.15) is 5.75 Å². The van der Waals surface area contributed by atoms with E-state index in [1.54, 1.807) is 12.1 Å². The van der Waals surface area contributed by atoms with Crippen molar-refractivity contribution in [3.63, 3.8) is 0 Å². The molecular formula is C23H32O3. The van der Waals surface area contributed by atoms with Gasteiger partial charge in [-0.15, -0.1) is 0 Å². The molecule has 0 saturated heterocycles. The van der Waals surface area contributed by atoms with Crippen molar-refractivity contribution in [1.82, 2.24) is 0 Å². The number of carboxylic acids is 1. The molecule has 2 rings (SSSR count). The molecule has 0 aromatic heterocycles. The summed E-state index contributed by atoms with van der Waals surface area (Å²) in [6, 6.07) is 11.0. The normalized spacial score (nSPS) is 11.0. The summed E-state index contributed by atoms with van der Waals surface area (Å²) in [6.07, 6.45) is 13.2. The lowest BCUT2D eigenvalue weighted by molar-refractivity contribution is 0.0697. The van der Waals surface area contributed by atoms with Gasteiger partial charge in [0.05, 0.1) is 12.2 Å². The molecule has 26 heavy (non-hydrogen) atoms. The molecule has 142 valence electrons. The SMILES string of the molecule is CCCCCCCCCCCCOc1ccc2cc(C(=O)O)ccc2c1. The Hall–Kier alpha value is -2.03. The van der Waals surface area contributed by atoms with E-state index in [0.717, 1.165) is 29.5 Å². The van der Waals surface area contributed by atoms with E-state index in [-0.39, 0.29) is 0 Å². The third-order valence-corrected chi connectivity index (χ3v) is 4.83. The summed E-state index contributed by atoms with van der Waals surface area (Å²) < 4.78 is 5.85. The average molecular weight is 357 g/mol. The van der Waals surface area contributed by atoms with Crippen molar-refractivity contribution in [3.05, 3.63) is 42.0 Å². The minimum absolute atomic E-state index is 0.316. The van der Waals surface area contributed by atoms with Gasteiger partial charge in [-0.2, -0.15) is 0 Å². The van der Waals surface area contributed by atoms with Gasteiger partial charge in [0.2, 0.25) is 0 Å². The van der Waals surface area contributed by atoms with Crippen LogP contribution in [0, 0.1) is 0 Å². The van der Waals surface area contributed by atoms with Gasteiger partial charge in [-0.25, -0.2) is 4.79 Å². The first kappa shape index (κ1) is 20.3. The summed E-state index contributed by atoms with van der Waals surface area (Å²) in [5, 5.41) is 11.0. The summed E-state index contributed by atoms with van der Waals surface area (Å²) in [5.74, 6) is -0.0373. The molecule has 3 heteroatoms. The monoisotopic (exact) mass is 356 g/mol. The number of carbonyl (C=O) groups is 1. The van der Waals surface area contributed by atoms with E-state index >= 15 is 0 Å². The molecule has 0 aliphatic carbocycles. The minimum atomic E-state index is -0.895. The first-order valence-corrected chi connectivity index (χ1v) is 10.1. The molecule has 0 fully saturated rings. The summed E-state index contributed by atoms with van der Waals surface area (Å²) in [6.45, 7) is 3.00. The number of ether oxygens (including phenoxy) is 1. The largest absolute Gasteiger partial charge is 0.494 e. The van der Waals surface area contributed by atoms with Crippen LogP contribution in [0.1, 0.15) is 81.5 Å². The summed E-state index contributed by atoms with van der Waals surface area (Å²) in [5.41, 5.74) is 0.316. The van der Waals surface area contributed by atoms with Gasteiger partial charge >= 0.3 is 5.97 Å². The zero-order valence-electron chi connectivity index (χ0n) is 16.0. The van der Waals surface area contributed by atoms with Crippen LogP contribution >= 0.6 is 0 Å². The summed E-state index contributed by atoms with van der Waals surface area (Å²) in [7, 11) is 0. The molecule has 0 bridgehead atoms. The Bertz CT molecular complexity index is 678. The number of hydrogen-bond acceptors (Lipinski definition) is 2. The highest BCUT2D eigenvalue weighted by Crippen LogP contribution is 2.22. The lowest BCUT2D eigenvalue weighted by Crippen LogP contribution is -1.98. The van der Waals surface area contributed by atoms with Crippen LogP contribution < -0.4 is 4.74 Å². The molecular weight excluding hydrogens is 324 g/mol. The molecule has 0 radical (unpaired) electrons. The van der Waals surface area contributed by atoms with E-state index in [1.165, 1.54) is 57.8 Å². The van der Waals surface area contributed by atoms with Crippen molar-refractivity contribution >= 4 is 16.7 Å². The quantitative estimate of drug-likeness (QED) is 0.400. The Morgan fingerprint density at radius 1 is 0.808 bits per heavy atom. The van der Waals surface area contributed by atoms with Crippen LogP contribution in [-0.2, 0) is 0 Å². The zero-order valence-corrected chi connectivity index (χ0v) is 16.0. The molecule has 2 aromatic carbocycles. The lowest BCUT2D eigenvalue weighted by Gasteiger charge is -2.08. The van der Waals surface area contributed by atoms with Crippen LogP contribution in [0.2, 0.25) is 0 Å². The smallest absolute Gasteiger partial charge is 0.335 e. The van der Waals surface area contributed by atoms with Crippen molar-refractivity contribution in [2.24, 2.45) is 0 Å². The molecule has 0 unspecified atom stereocenters. The van der Waals surface area contributed by atoms with E-state index in [9.17, 15) is 4.79 Å². The standard InChI is InChI=1S/C23H32O3/c1-2-3-4-5-6-7-8-9-10-11-16-26-22-15-14-19-17-21(23(24)25)13-12-20(19)18-22/h12-15,17-18H,2-11,16H2,1H3,(H,24,25). The second-order valence-electron chi connectivity index (χ2n) is 7.06.